The van der Waals surface area contributed by atoms with E-state index in [-0.39, 0.29) is 0 Å². The van der Waals surface area contributed by atoms with E-state index in [9.17, 15) is 0 Å². The van der Waals surface area contributed by atoms with E-state index in [1.165, 1.54) is 0 Å². The highest BCUT2D eigenvalue weighted by atomic mass is 32.1. The van der Waals surface area contributed by atoms with Crippen molar-refractivity contribution in [2.24, 2.45) is 5.73 Å². The summed E-state index contributed by atoms with van der Waals surface area (Å²) >= 11 is 5.01. The van der Waals surface area contributed by atoms with E-state index in [4.69, 9.17) is 22.7 Å². The summed E-state index contributed by atoms with van der Waals surface area (Å²) in [4.78, 5) is 4.39. The van der Waals surface area contributed by atoms with Crippen molar-refractivity contribution in [2.45, 2.75) is 0 Å². The minimum absolute atomic E-state index is 0.329. The molecule has 3 N–H and O–H groups in total. The molecule has 92 valence electrons. The lowest BCUT2D eigenvalue weighted by molar-refractivity contribution is 0.417. The number of hydrogen-bond acceptors (Lipinski definition) is 4. The maximum absolute atomic E-state index is 5.67. The quantitative estimate of drug-likeness (QED) is 0.826. The van der Waals surface area contributed by atoms with Gasteiger partial charge in [-0.1, -0.05) is 24.4 Å². The molecule has 0 amide bonds. The van der Waals surface area contributed by atoms with Gasteiger partial charge in [0.05, 0.1) is 24.7 Å². The van der Waals surface area contributed by atoms with Gasteiger partial charge in [-0.25, -0.2) is 0 Å². The van der Waals surface area contributed by atoms with Gasteiger partial charge in [-0.15, -0.1) is 0 Å². The predicted octanol–water partition coefficient (Wildman–Crippen LogP) is 2.47. The van der Waals surface area contributed by atoms with E-state index in [0.717, 1.165) is 22.7 Å². The molecule has 0 atom stereocenters. The molecule has 5 heteroatoms. The topological polar surface area (TPSA) is 60.2 Å². The van der Waals surface area contributed by atoms with Crippen LogP contribution < -0.4 is 15.8 Å². The van der Waals surface area contributed by atoms with Crippen LogP contribution in [0.25, 0.3) is 0 Å². The van der Waals surface area contributed by atoms with Gasteiger partial charge in [-0.05, 0) is 18.2 Å². The summed E-state index contributed by atoms with van der Waals surface area (Å²) in [6, 6.07) is 9.39. The number of nitrogens with zero attached hydrogens (tertiary/aromatic N) is 1. The average molecular weight is 259 g/mol. The highest BCUT2D eigenvalue weighted by Gasteiger charge is 2.07. The summed E-state index contributed by atoms with van der Waals surface area (Å²) in [7, 11) is 1.62. The van der Waals surface area contributed by atoms with Crippen molar-refractivity contribution < 1.29 is 4.74 Å². The summed E-state index contributed by atoms with van der Waals surface area (Å²) in [6.45, 7) is 0. The largest absolute Gasteiger partial charge is 0.495 e. The van der Waals surface area contributed by atoms with Gasteiger partial charge in [0, 0.05) is 11.8 Å². The maximum atomic E-state index is 5.67. The Hall–Kier alpha value is -2.14. The van der Waals surface area contributed by atoms with Crippen LogP contribution in [0, 0.1) is 0 Å². The van der Waals surface area contributed by atoms with Crippen molar-refractivity contribution in [1.82, 2.24) is 4.98 Å². The number of anilines is 2. The van der Waals surface area contributed by atoms with Gasteiger partial charge in [0.2, 0.25) is 0 Å². The lowest BCUT2D eigenvalue weighted by Gasteiger charge is -2.13. The zero-order valence-electron chi connectivity index (χ0n) is 9.88. The van der Waals surface area contributed by atoms with Gasteiger partial charge in [0.15, 0.2) is 0 Å². The van der Waals surface area contributed by atoms with Crippen molar-refractivity contribution in [3.05, 3.63) is 48.3 Å². The smallest absolute Gasteiger partial charge is 0.142 e. The Morgan fingerprint density at radius 2 is 2.06 bits per heavy atom. The van der Waals surface area contributed by atoms with Gasteiger partial charge in [0.25, 0.3) is 0 Å². The van der Waals surface area contributed by atoms with Crippen molar-refractivity contribution in [2.75, 3.05) is 12.4 Å². The molecule has 2 rings (SSSR count). The number of methoxy groups -OCH3 is 1. The van der Waals surface area contributed by atoms with Crippen LogP contribution in [0.4, 0.5) is 11.4 Å². The molecular weight excluding hydrogens is 246 g/mol. The Kier molecular flexibility index (Phi) is 3.74. The summed E-state index contributed by atoms with van der Waals surface area (Å²) in [5, 5.41) is 3.22. The van der Waals surface area contributed by atoms with Crippen molar-refractivity contribution >= 4 is 28.6 Å². The molecule has 0 fully saturated rings. The molecule has 1 heterocycles. The third-order valence-corrected chi connectivity index (χ3v) is 2.68. The van der Waals surface area contributed by atoms with Crippen LogP contribution in [0.15, 0.2) is 42.7 Å². The van der Waals surface area contributed by atoms with Crippen LogP contribution in [0.1, 0.15) is 5.56 Å². The Morgan fingerprint density at radius 3 is 2.78 bits per heavy atom. The maximum Gasteiger partial charge on any atom is 0.142 e. The molecule has 0 spiro atoms. The second-order valence-electron chi connectivity index (χ2n) is 3.61. The van der Waals surface area contributed by atoms with E-state index in [1.54, 1.807) is 25.6 Å². The number of rotatable bonds is 4. The molecule has 0 radical (unpaired) electrons. The summed E-state index contributed by atoms with van der Waals surface area (Å²) in [5.74, 6) is 0.746. The minimum atomic E-state index is 0.329. The first kappa shape index (κ1) is 12.3. The number of pyridine rings is 1. The molecule has 1 aromatic carbocycles. The van der Waals surface area contributed by atoms with Crippen molar-refractivity contribution in [3.8, 4) is 5.75 Å². The molecule has 0 unspecified atom stereocenters. The van der Waals surface area contributed by atoms with Crippen LogP contribution in [-0.4, -0.2) is 17.1 Å². The highest BCUT2D eigenvalue weighted by molar-refractivity contribution is 7.80. The lowest BCUT2D eigenvalue weighted by Crippen LogP contribution is -2.12. The number of ether oxygens (including phenoxy) is 1. The third kappa shape index (κ3) is 2.57. The second-order valence-corrected chi connectivity index (χ2v) is 4.05. The van der Waals surface area contributed by atoms with Gasteiger partial charge in [-0.2, -0.15) is 0 Å². The van der Waals surface area contributed by atoms with Gasteiger partial charge in [-0.3, -0.25) is 4.98 Å². The number of nitrogens with one attached hydrogen (secondary N) is 1. The lowest BCUT2D eigenvalue weighted by atomic mass is 10.2. The summed E-state index contributed by atoms with van der Waals surface area (Å²) < 4.78 is 5.27. The van der Waals surface area contributed by atoms with E-state index in [1.807, 2.05) is 24.3 Å². The first-order valence-electron chi connectivity index (χ1n) is 5.36. The van der Waals surface area contributed by atoms with Crippen molar-refractivity contribution in [3.63, 3.8) is 0 Å². The Labute approximate surface area is 111 Å². The number of thiocarbonyl (C=S) groups is 1. The van der Waals surface area contributed by atoms with E-state index < -0.39 is 0 Å². The van der Waals surface area contributed by atoms with E-state index in [0.29, 0.717) is 4.99 Å². The minimum Gasteiger partial charge on any atom is -0.495 e. The Balaban J connectivity index is 2.37. The number of nitrogens with two attached hydrogens (primary N) is 1. The zero-order chi connectivity index (χ0) is 13.0. The van der Waals surface area contributed by atoms with Crippen LogP contribution >= 0.6 is 12.2 Å². The number of hydrogen-bond donors (Lipinski definition) is 2. The molecule has 0 aliphatic carbocycles. The highest BCUT2D eigenvalue weighted by Crippen LogP contribution is 2.28. The van der Waals surface area contributed by atoms with Crippen LogP contribution in [-0.2, 0) is 0 Å². The molecule has 0 aliphatic heterocycles. The molecule has 1 aromatic heterocycles. The van der Waals surface area contributed by atoms with E-state index in [2.05, 4.69) is 10.3 Å². The molecule has 18 heavy (non-hydrogen) atoms. The first-order chi connectivity index (χ1) is 8.72. The standard InChI is InChI=1S/C13H13N3OS/c1-17-12-5-3-2-4-10(12)16-11-8-15-7-6-9(11)13(14)18/h2-8,16H,1H3,(H2,14,18). The SMILES string of the molecule is COc1ccccc1Nc1cnccc1C(N)=S. The summed E-state index contributed by atoms with van der Waals surface area (Å²) in [6.07, 6.45) is 3.34. The van der Waals surface area contributed by atoms with Gasteiger partial charge >= 0.3 is 0 Å². The molecule has 0 aliphatic rings. The normalized spacial score (nSPS) is 9.83. The van der Waals surface area contributed by atoms with E-state index >= 15 is 0 Å². The molecule has 0 saturated heterocycles. The second kappa shape index (κ2) is 5.46. The first-order valence-corrected chi connectivity index (χ1v) is 5.77. The third-order valence-electron chi connectivity index (χ3n) is 2.46. The Bertz CT molecular complexity index is 572. The van der Waals surface area contributed by atoms with Crippen molar-refractivity contribution in [1.29, 1.82) is 0 Å². The average Bonchev–Trinajstić information content (AvgIpc) is 2.40. The zero-order valence-corrected chi connectivity index (χ0v) is 10.7. The van der Waals surface area contributed by atoms with Gasteiger partial charge < -0.3 is 15.8 Å². The van der Waals surface area contributed by atoms with Crippen LogP contribution in [0.5, 0.6) is 5.75 Å². The fourth-order valence-electron chi connectivity index (χ4n) is 1.60. The molecule has 4 nitrogen and oxygen atoms in total. The fourth-order valence-corrected chi connectivity index (χ4v) is 1.78. The fraction of sp³-hybridized carbons (Fsp3) is 0.0769. The molecular formula is C13H13N3OS. The molecule has 0 saturated carbocycles. The summed E-state index contributed by atoms with van der Waals surface area (Å²) in [5.41, 5.74) is 8.02. The van der Waals surface area contributed by atoms with Gasteiger partial charge in [0.1, 0.15) is 10.7 Å². The monoisotopic (exact) mass is 259 g/mol. The number of benzene rings is 1. The number of aromatic nitrogens is 1. The number of para-hydroxylation sites is 2. The molecule has 2 aromatic rings. The Morgan fingerprint density at radius 1 is 1.28 bits per heavy atom. The van der Waals surface area contributed by atoms with Crippen LogP contribution in [0.3, 0.4) is 0 Å². The molecule has 0 bridgehead atoms. The van der Waals surface area contributed by atoms with Crippen LogP contribution in [0.2, 0.25) is 0 Å². The predicted molar refractivity (Wildman–Crippen MR) is 76.4 cm³/mol.